The molecule has 0 bridgehead atoms. The Morgan fingerprint density at radius 3 is 1.59 bits per heavy atom. The number of phenols is 2. The van der Waals surface area contributed by atoms with Crippen LogP contribution in [0.2, 0.25) is 0 Å². The maximum absolute atomic E-state index is 12.6. The highest BCUT2D eigenvalue weighted by molar-refractivity contribution is 7.86. The number of benzene rings is 3. The monoisotopic (exact) mass is 492 g/mol. The van der Waals surface area contributed by atoms with E-state index in [1.807, 2.05) is 0 Å². The highest BCUT2D eigenvalue weighted by Gasteiger charge is 2.30. The molecule has 0 aromatic heterocycles. The standard InChI is InChI=1S/C14H10N2O14S2/c17-11-5(31(25,26)27)1-3(15(21)22)7-9(11)14(20)8-4(16(23)24)2-6(32(28,29)30)12(18)10(8)13(7)19/h1-2,17-22H,(H,25,26,27)(H,28,29,30)/p-2. The summed E-state index contributed by atoms with van der Waals surface area (Å²) >= 11 is 0. The SMILES string of the molecule is O=[N+]([O-])c1cc(S(=O)(=O)O)c([O-])c2c(O)c3c(N(O)O)cc(S(=O)(=O)O)c([O-])c3c(O)c12. The van der Waals surface area contributed by atoms with Gasteiger partial charge in [-0.2, -0.15) is 16.8 Å². The summed E-state index contributed by atoms with van der Waals surface area (Å²) in [6, 6.07) is 0.143. The van der Waals surface area contributed by atoms with Gasteiger partial charge in [-0.05, 0) is 6.07 Å². The van der Waals surface area contributed by atoms with Crippen LogP contribution in [0.3, 0.4) is 0 Å². The number of hydrogen-bond donors (Lipinski definition) is 6. The number of aromatic hydroxyl groups is 2. The summed E-state index contributed by atoms with van der Waals surface area (Å²) < 4.78 is 64.3. The van der Waals surface area contributed by atoms with Crippen LogP contribution in [0.15, 0.2) is 21.9 Å². The van der Waals surface area contributed by atoms with Crippen LogP contribution in [0.25, 0.3) is 21.5 Å². The van der Waals surface area contributed by atoms with Gasteiger partial charge in [0.05, 0.1) is 20.1 Å². The van der Waals surface area contributed by atoms with E-state index >= 15 is 0 Å². The predicted molar refractivity (Wildman–Crippen MR) is 96.0 cm³/mol. The fourth-order valence-corrected chi connectivity index (χ4v) is 4.31. The molecule has 3 aromatic carbocycles. The van der Waals surface area contributed by atoms with Crippen molar-refractivity contribution in [1.29, 1.82) is 0 Å². The molecule has 0 heterocycles. The lowest BCUT2D eigenvalue weighted by atomic mass is 9.97. The quantitative estimate of drug-likeness (QED) is 0.0882. The maximum atomic E-state index is 12.6. The third kappa shape index (κ3) is 3.23. The molecule has 0 radical (unpaired) electrons. The second-order valence-corrected chi connectivity index (χ2v) is 8.92. The van der Waals surface area contributed by atoms with E-state index in [1.54, 1.807) is 0 Å². The van der Waals surface area contributed by atoms with Gasteiger partial charge in [-0.3, -0.25) is 29.6 Å². The van der Waals surface area contributed by atoms with Crippen LogP contribution >= 0.6 is 0 Å². The summed E-state index contributed by atoms with van der Waals surface area (Å²) in [4.78, 5) is 6.91. The number of fused-ring (bicyclic) bond motifs is 2. The molecule has 18 heteroatoms. The summed E-state index contributed by atoms with van der Waals surface area (Å²) in [7, 11) is -10.8. The molecule has 16 nitrogen and oxygen atoms in total. The van der Waals surface area contributed by atoms with E-state index in [0.717, 1.165) is 0 Å². The zero-order valence-corrected chi connectivity index (χ0v) is 16.4. The first-order valence-electron chi connectivity index (χ1n) is 7.66. The van der Waals surface area contributed by atoms with Gasteiger partial charge in [-0.1, -0.05) is 11.5 Å². The molecule has 0 saturated carbocycles. The van der Waals surface area contributed by atoms with Crippen LogP contribution in [0, 0.1) is 10.1 Å². The molecular weight excluding hydrogens is 484 g/mol. The third-order valence-electron chi connectivity index (χ3n) is 4.36. The van der Waals surface area contributed by atoms with Gasteiger partial charge in [0.2, 0.25) is 0 Å². The van der Waals surface area contributed by atoms with Crippen molar-refractivity contribution in [2.24, 2.45) is 0 Å². The van der Waals surface area contributed by atoms with E-state index in [1.165, 1.54) is 0 Å². The van der Waals surface area contributed by atoms with Gasteiger partial charge in [-0.15, -0.1) is 5.23 Å². The van der Waals surface area contributed by atoms with E-state index in [9.17, 15) is 66.9 Å². The molecule has 0 fully saturated rings. The Morgan fingerprint density at radius 2 is 1.19 bits per heavy atom. The first-order valence-corrected chi connectivity index (χ1v) is 10.5. The van der Waals surface area contributed by atoms with Crippen molar-refractivity contribution in [1.82, 2.24) is 0 Å². The van der Waals surface area contributed by atoms with E-state index in [-0.39, 0.29) is 12.1 Å². The van der Waals surface area contributed by atoms with Crippen LogP contribution in [0.1, 0.15) is 0 Å². The number of phenolic OH excluding ortho intramolecular Hbond substituents is 2. The molecule has 0 aliphatic heterocycles. The largest absolute Gasteiger partial charge is 0.871 e. The lowest BCUT2D eigenvalue weighted by Crippen LogP contribution is -2.15. The molecule has 32 heavy (non-hydrogen) atoms. The highest BCUT2D eigenvalue weighted by Crippen LogP contribution is 2.54. The molecule has 6 N–H and O–H groups in total. The molecule has 0 spiro atoms. The average molecular weight is 492 g/mol. The zero-order valence-electron chi connectivity index (χ0n) is 14.8. The Morgan fingerprint density at radius 1 is 0.781 bits per heavy atom. The van der Waals surface area contributed by atoms with E-state index in [0.29, 0.717) is 0 Å². The Labute approximate surface area is 175 Å². The lowest BCUT2D eigenvalue weighted by Gasteiger charge is -2.24. The van der Waals surface area contributed by atoms with Crippen molar-refractivity contribution >= 4 is 53.2 Å². The highest BCUT2D eigenvalue weighted by atomic mass is 32.2. The topological polar surface area (TPSA) is 282 Å². The van der Waals surface area contributed by atoms with E-state index < -0.39 is 96.1 Å². The molecule has 0 aliphatic rings. The summed E-state index contributed by atoms with van der Waals surface area (Å²) in [5.41, 5.74) is -2.63. The molecule has 0 aliphatic carbocycles. The smallest absolute Gasteiger partial charge is 0.294 e. The molecule has 0 saturated heterocycles. The minimum Gasteiger partial charge on any atom is -0.871 e. The molecule has 3 aromatic rings. The van der Waals surface area contributed by atoms with Gasteiger partial charge in [0.25, 0.3) is 25.9 Å². The number of nitro groups is 1. The second kappa shape index (κ2) is 6.91. The predicted octanol–water partition coefficient (Wildman–Crippen LogP) is -0.462. The molecule has 0 atom stereocenters. The van der Waals surface area contributed by atoms with E-state index in [4.69, 9.17) is 0 Å². The summed E-state index contributed by atoms with van der Waals surface area (Å²) in [5.74, 6) is -6.63. The fourth-order valence-electron chi connectivity index (χ4n) is 3.12. The number of nitro benzene ring substituents is 1. The van der Waals surface area contributed by atoms with Crippen molar-refractivity contribution in [3.63, 3.8) is 0 Å². The van der Waals surface area contributed by atoms with Crippen molar-refractivity contribution in [2.45, 2.75) is 9.79 Å². The first kappa shape index (κ1) is 23.0. The zero-order chi connectivity index (χ0) is 24.5. The van der Waals surface area contributed by atoms with Gasteiger partial charge in [-0.25, -0.2) is 0 Å². The van der Waals surface area contributed by atoms with Crippen LogP contribution in [-0.2, 0) is 20.2 Å². The Balaban J connectivity index is 2.85. The maximum Gasteiger partial charge on any atom is 0.294 e. The van der Waals surface area contributed by atoms with Crippen LogP contribution in [0.4, 0.5) is 11.4 Å². The number of anilines is 1. The van der Waals surface area contributed by atoms with Crippen molar-refractivity contribution in [3.8, 4) is 23.0 Å². The van der Waals surface area contributed by atoms with Crippen molar-refractivity contribution < 1.29 is 61.7 Å². The summed E-state index contributed by atoms with van der Waals surface area (Å²) in [6.45, 7) is 0. The minimum absolute atomic E-state index is 0.0212. The minimum atomic E-state index is -5.42. The number of rotatable bonds is 4. The molecule has 3 rings (SSSR count). The van der Waals surface area contributed by atoms with Gasteiger partial charge >= 0.3 is 0 Å². The van der Waals surface area contributed by atoms with E-state index in [2.05, 4.69) is 0 Å². The Hall–Kier alpha value is -3.68. The lowest BCUT2D eigenvalue weighted by molar-refractivity contribution is -0.383. The molecule has 0 amide bonds. The summed E-state index contributed by atoms with van der Waals surface area (Å²) in [5, 5.41) is 70.5. The van der Waals surface area contributed by atoms with Crippen molar-refractivity contribution in [2.75, 3.05) is 5.23 Å². The third-order valence-corrected chi connectivity index (χ3v) is 6.08. The summed E-state index contributed by atoms with van der Waals surface area (Å²) in [6.07, 6.45) is 0. The van der Waals surface area contributed by atoms with Gasteiger partial charge in [0, 0.05) is 16.8 Å². The van der Waals surface area contributed by atoms with Crippen LogP contribution in [0.5, 0.6) is 23.0 Å². The molecule has 0 unspecified atom stereocenters. The Kier molecular flexibility index (Phi) is 4.97. The van der Waals surface area contributed by atoms with Gasteiger partial charge in [0.1, 0.15) is 22.6 Å². The first-order chi connectivity index (χ1) is 14.5. The number of hydrogen-bond acceptors (Lipinski definition) is 13. The Bertz CT molecular complexity index is 1560. The normalized spacial score (nSPS) is 12.4. The average Bonchev–Trinajstić information content (AvgIpc) is 2.62. The molecule has 172 valence electrons. The number of nitrogens with zero attached hydrogens (tertiary/aromatic N) is 2. The second-order valence-electron chi connectivity index (χ2n) is 6.14. The molecular formula is C14H8N2O14S2-2. The van der Waals surface area contributed by atoms with Crippen LogP contribution < -0.4 is 15.4 Å². The van der Waals surface area contributed by atoms with Gasteiger partial charge in [0.15, 0.2) is 0 Å². The fraction of sp³-hybridized carbons (Fsp3) is 0. The number of non-ortho nitro benzene ring substituents is 1. The van der Waals surface area contributed by atoms with Crippen molar-refractivity contribution in [3.05, 3.63) is 22.2 Å². The van der Waals surface area contributed by atoms with Crippen LogP contribution in [-0.4, -0.2) is 51.5 Å². The van der Waals surface area contributed by atoms with Gasteiger partial charge < -0.3 is 20.4 Å².